The van der Waals surface area contributed by atoms with E-state index < -0.39 is 54.3 Å². The van der Waals surface area contributed by atoms with E-state index in [1.54, 1.807) is 36.4 Å². The summed E-state index contributed by atoms with van der Waals surface area (Å²) in [5.41, 5.74) is 2.09. The Morgan fingerprint density at radius 3 is 1.94 bits per heavy atom. The van der Waals surface area contributed by atoms with Gasteiger partial charge in [0.2, 0.25) is 23.6 Å². The molecule has 1 heterocycles. The molecule has 0 aliphatic carbocycles. The second-order valence-electron chi connectivity index (χ2n) is 11.6. The van der Waals surface area contributed by atoms with Gasteiger partial charge in [-0.25, -0.2) is 4.79 Å². The van der Waals surface area contributed by atoms with E-state index in [2.05, 4.69) is 26.3 Å². The van der Waals surface area contributed by atoms with Gasteiger partial charge in [-0.05, 0) is 52.1 Å². The van der Waals surface area contributed by atoms with Crippen LogP contribution in [0.25, 0.3) is 10.8 Å². The van der Waals surface area contributed by atoms with Gasteiger partial charge in [0.1, 0.15) is 18.1 Å². The van der Waals surface area contributed by atoms with Crippen LogP contribution in [0.1, 0.15) is 23.6 Å². The van der Waals surface area contributed by atoms with Crippen LogP contribution >= 0.6 is 11.6 Å². The first-order valence-electron chi connectivity index (χ1n) is 15.6. The lowest BCUT2D eigenvalue weighted by Gasteiger charge is -2.26. The maximum absolute atomic E-state index is 14.0. The third-order valence-electron chi connectivity index (χ3n) is 7.84. The van der Waals surface area contributed by atoms with Crippen LogP contribution < -0.4 is 21.3 Å². The number of carboxylic acids is 1. The number of benzene rings is 3. The molecule has 4 aromatic rings. The molecule has 4 amide bonds. The second kappa shape index (κ2) is 17.7. The van der Waals surface area contributed by atoms with E-state index in [9.17, 15) is 34.2 Å². The Labute approximate surface area is 288 Å². The molecule has 4 atom stereocenters. The number of aliphatic carboxylic acids is 1. The number of aromatic nitrogens is 1. The molecule has 0 spiro atoms. The Bertz CT molecular complexity index is 1770. The lowest BCUT2D eigenvalue weighted by molar-refractivity contribution is -0.143. The summed E-state index contributed by atoms with van der Waals surface area (Å²) in [5, 5.41) is 31.8. The SMILES string of the molecule is CC(=O)NC[C@H](Cc1ccc2ccccc2c1)C(=O)N[C@H](Cc1ccc(Cl)cc1)C(=O)N[C@H](Cc1cccnc1)C(=O)N[C@@H](CO)C(=O)O. The minimum Gasteiger partial charge on any atom is -0.480 e. The van der Waals surface area contributed by atoms with E-state index in [1.165, 1.54) is 19.3 Å². The van der Waals surface area contributed by atoms with Crippen LogP contribution in [-0.4, -0.2) is 76.1 Å². The first kappa shape index (κ1) is 36.5. The molecule has 0 fully saturated rings. The van der Waals surface area contributed by atoms with Crippen LogP contribution in [0.5, 0.6) is 0 Å². The minimum atomic E-state index is -1.60. The molecule has 256 valence electrons. The van der Waals surface area contributed by atoms with Gasteiger partial charge < -0.3 is 31.5 Å². The lowest BCUT2D eigenvalue weighted by atomic mass is 9.95. The number of hydrogen-bond acceptors (Lipinski definition) is 7. The largest absolute Gasteiger partial charge is 0.480 e. The van der Waals surface area contributed by atoms with Crippen molar-refractivity contribution in [2.75, 3.05) is 13.2 Å². The molecule has 0 aliphatic heterocycles. The first-order valence-corrected chi connectivity index (χ1v) is 16.0. The molecule has 0 bridgehead atoms. The smallest absolute Gasteiger partial charge is 0.328 e. The Kier molecular flexibility index (Phi) is 13.2. The number of nitrogens with zero attached hydrogens (tertiary/aromatic N) is 1. The minimum absolute atomic E-state index is 0.00700. The van der Waals surface area contributed by atoms with Crippen molar-refractivity contribution >= 4 is 52.0 Å². The van der Waals surface area contributed by atoms with Gasteiger partial charge in [-0.3, -0.25) is 24.2 Å². The van der Waals surface area contributed by atoms with Crippen molar-refractivity contribution in [2.24, 2.45) is 5.92 Å². The number of pyridine rings is 1. The van der Waals surface area contributed by atoms with Crippen molar-refractivity contribution in [1.82, 2.24) is 26.3 Å². The van der Waals surface area contributed by atoms with Crippen molar-refractivity contribution in [3.8, 4) is 0 Å². The number of carboxylic acid groups (broad SMARTS) is 1. The van der Waals surface area contributed by atoms with Gasteiger partial charge in [-0.15, -0.1) is 0 Å². The number of rotatable bonds is 16. The molecular weight excluding hydrogens is 650 g/mol. The molecular formula is C36H38ClN5O7. The highest BCUT2D eigenvalue weighted by Gasteiger charge is 2.31. The van der Waals surface area contributed by atoms with Crippen molar-refractivity contribution < 1.29 is 34.2 Å². The van der Waals surface area contributed by atoms with Gasteiger partial charge in [0, 0.05) is 43.7 Å². The maximum atomic E-state index is 14.0. The van der Waals surface area contributed by atoms with Gasteiger partial charge in [-0.2, -0.15) is 0 Å². The summed E-state index contributed by atoms with van der Waals surface area (Å²) >= 11 is 6.07. The average Bonchev–Trinajstić information content (AvgIpc) is 3.09. The Morgan fingerprint density at radius 2 is 1.33 bits per heavy atom. The summed E-state index contributed by atoms with van der Waals surface area (Å²) in [4.78, 5) is 68.6. The van der Waals surface area contributed by atoms with E-state index >= 15 is 0 Å². The fraction of sp³-hybridized carbons (Fsp3) is 0.278. The summed E-state index contributed by atoms with van der Waals surface area (Å²) in [6, 6.07) is 19.6. The Balaban J connectivity index is 1.61. The topological polar surface area (TPSA) is 187 Å². The number of amides is 4. The number of fused-ring (bicyclic) bond motifs is 1. The van der Waals surface area contributed by atoms with Crippen LogP contribution in [0, 0.1) is 5.92 Å². The molecule has 1 aromatic heterocycles. The van der Waals surface area contributed by atoms with Crippen molar-refractivity contribution in [3.63, 3.8) is 0 Å². The highest BCUT2D eigenvalue weighted by molar-refractivity contribution is 6.30. The van der Waals surface area contributed by atoms with Crippen LogP contribution in [0.2, 0.25) is 5.02 Å². The summed E-state index contributed by atoms with van der Waals surface area (Å²) in [6.45, 7) is 0.491. The summed E-state index contributed by atoms with van der Waals surface area (Å²) in [7, 11) is 0. The zero-order valence-electron chi connectivity index (χ0n) is 26.8. The average molecular weight is 688 g/mol. The number of carbonyl (C=O) groups is 5. The third kappa shape index (κ3) is 11.1. The number of aliphatic hydroxyl groups is 1. The Morgan fingerprint density at radius 1 is 0.714 bits per heavy atom. The summed E-state index contributed by atoms with van der Waals surface area (Å²) in [5.74, 6) is -4.61. The third-order valence-corrected chi connectivity index (χ3v) is 8.09. The number of halogens is 1. The molecule has 0 aliphatic rings. The molecule has 0 saturated heterocycles. The molecule has 12 nitrogen and oxygen atoms in total. The predicted octanol–water partition coefficient (Wildman–Crippen LogP) is 2.20. The maximum Gasteiger partial charge on any atom is 0.328 e. The van der Waals surface area contributed by atoms with Gasteiger partial charge in [0.25, 0.3) is 0 Å². The van der Waals surface area contributed by atoms with Gasteiger partial charge in [-0.1, -0.05) is 72.3 Å². The van der Waals surface area contributed by atoms with Crippen molar-refractivity contribution in [3.05, 3.63) is 113 Å². The molecule has 13 heteroatoms. The van der Waals surface area contributed by atoms with Crippen molar-refractivity contribution in [1.29, 1.82) is 0 Å². The fourth-order valence-corrected chi connectivity index (χ4v) is 5.35. The van der Waals surface area contributed by atoms with Crippen LogP contribution in [0.15, 0.2) is 91.3 Å². The molecule has 4 rings (SSSR count). The van der Waals surface area contributed by atoms with E-state index in [0.717, 1.165) is 16.3 Å². The molecule has 0 radical (unpaired) electrons. The molecule has 6 N–H and O–H groups in total. The van der Waals surface area contributed by atoms with Crippen LogP contribution in [-0.2, 0) is 43.2 Å². The summed E-state index contributed by atoms with van der Waals surface area (Å²) < 4.78 is 0. The van der Waals surface area contributed by atoms with Crippen LogP contribution in [0.3, 0.4) is 0 Å². The predicted molar refractivity (Wildman–Crippen MR) is 183 cm³/mol. The van der Waals surface area contributed by atoms with Gasteiger partial charge in [0.15, 0.2) is 0 Å². The molecule has 49 heavy (non-hydrogen) atoms. The number of carbonyl (C=O) groups excluding carboxylic acids is 4. The van der Waals surface area contributed by atoms with Gasteiger partial charge >= 0.3 is 5.97 Å². The standard InChI is InChI=1S/C36H38ClN5O7/c1-22(44)39-20-28(16-24-8-11-26-6-2-3-7-27(26)15-24)33(45)40-30(17-23-9-12-29(37)13-10-23)34(46)41-31(18-25-5-4-14-38-19-25)35(47)42-32(21-43)36(48)49/h2-15,19,28,30-32,43H,16-18,20-21H2,1H3,(H,39,44)(H,40,45)(H,41,46)(H,42,47)(H,48,49)/t28-,30+,31+,32-/m0/s1. The van der Waals surface area contributed by atoms with E-state index in [4.69, 9.17) is 11.6 Å². The van der Waals surface area contributed by atoms with E-state index in [1.807, 2.05) is 42.5 Å². The number of aliphatic hydroxyl groups excluding tert-OH is 1. The zero-order chi connectivity index (χ0) is 35.3. The highest BCUT2D eigenvalue weighted by Crippen LogP contribution is 2.19. The fourth-order valence-electron chi connectivity index (χ4n) is 5.22. The monoisotopic (exact) mass is 687 g/mol. The Hall–Kier alpha value is -5.33. The summed E-state index contributed by atoms with van der Waals surface area (Å²) in [6.07, 6.45) is 3.26. The highest BCUT2D eigenvalue weighted by atomic mass is 35.5. The van der Waals surface area contributed by atoms with Crippen LogP contribution in [0.4, 0.5) is 0 Å². The normalized spacial score (nSPS) is 13.4. The van der Waals surface area contributed by atoms with Crippen molar-refractivity contribution in [2.45, 2.75) is 44.3 Å². The first-order chi connectivity index (χ1) is 23.5. The van der Waals surface area contributed by atoms with E-state index in [0.29, 0.717) is 16.1 Å². The number of hydrogen-bond donors (Lipinski definition) is 6. The molecule has 0 saturated carbocycles. The molecule has 3 aromatic carbocycles. The molecule has 0 unspecified atom stereocenters. The quantitative estimate of drug-likeness (QED) is 0.103. The number of nitrogens with one attached hydrogen (secondary N) is 4. The van der Waals surface area contributed by atoms with Gasteiger partial charge in [0.05, 0.1) is 12.5 Å². The van der Waals surface area contributed by atoms with E-state index in [-0.39, 0.29) is 31.7 Å². The lowest BCUT2D eigenvalue weighted by Crippen LogP contribution is -2.58. The zero-order valence-corrected chi connectivity index (χ0v) is 27.5. The second-order valence-corrected chi connectivity index (χ2v) is 12.1.